The molecule has 10 heteroatoms. The van der Waals surface area contributed by atoms with Crippen LogP contribution in [0.5, 0.6) is 0 Å². The smallest absolute Gasteiger partial charge is 0.352 e. The van der Waals surface area contributed by atoms with Crippen molar-refractivity contribution >= 4 is 11.8 Å². The number of carbonyl (C=O) groups is 2. The molecule has 4 rings (SSSR count). The van der Waals surface area contributed by atoms with E-state index in [9.17, 15) is 22.8 Å². The summed E-state index contributed by atoms with van der Waals surface area (Å²) in [5.41, 5.74) is 1.34. The lowest BCUT2D eigenvalue weighted by molar-refractivity contribution is -0.137. The molecule has 1 aliphatic heterocycles. The van der Waals surface area contributed by atoms with Gasteiger partial charge in [0, 0.05) is 26.1 Å². The largest absolute Gasteiger partial charge is 0.416 e. The Balaban J connectivity index is 1.31. The molecule has 1 aliphatic rings. The quantitative estimate of drug-likeness (QED) is 0.635. The van der Waals surface area contributed by atoms with Gasteiger partial charge in [0.25, 0.3) is 0 Å². The second-order valence-corrected chi connectivity index (χ2v) is 7.60. The van der Waals surface area contributed by atoms with Crippen LogP contribution >= 0.6 is 0 Å². The van der Waals surface area contributed by atoms with E-state index in [0.717, 1.165) is 23.4 Å². The maximum atomic E-state index is 12.9. The summed E-state index contributed by atoms with van der Waals surface area (Å²) in [6, 6.07) is 12.3. The fourth-order valence-corrected chi connectivity index (χ4v) is 3.61. The zero-order valence-electron chi connectivity index (χ0n) is 16.9. The molecule has 0 aliphatic carbocycles. The predicted molar refractivity (Wildman–Crippen MR) is 108 cm³/mol. The van der Waals surface area contributed by atoms with Gasteiger partial charge in [-0.25, -0.2) is 9.67 Å². The molecule has 2 aromatic carbocycles. The first-order valence-electron chi connectivity index (χ1n) is 9.95. The summed E-state index contributed by atoms with van der Waals surface area (Å²) < 4.78 is 40.3. The number of aromatic nitrogens is 3. The Hall–Kier alpha value is -3.69. The van der Waals surface area contributed by atoms with Crippen LogP contribution in [-0.4, -0.2) is 38.0 Å². The number of alkyl halides is 3. The Labute approximate surface area is 181 Å². The molecule has 1 unspecified atom stereocenters. The minimum absolute atomic E-state index is 0.0377. The molecule has 32 heavy (non-hydrogen) atoms. The minimum atomic E-state index is -4.44. The third-order valence-electron chi connectivity index (χ3n) is 5.30. The summed E-state index contributed by atoms with van der Waals surface area (Å²) in [7, 11) is 0. The van der Waals surface area contributed by atoms with Crippen LogP contribution in [0.2, 0.25) is 0 Å². The van der Waals surface area contributed by atoms with E-state index < -0.39 is 17.7 Å². The van der Waals surface area contributed by atoms with Crippen molar-refractivity contribution in [3.63, 3.8) is 0 Å². The summed E-state index contributed by atoms with van der Waals surface area (Å²) in [4.78, 5) is 30.2. The highest BCUT2D eigenvalue weighted by Gasteiger charge is 2.35. The van der Waals surface area contributed by atoms with Gasteiger partial charge in [-0.15, -0.1) is 0 Å². The van der Waals surface area contributed by atoms with Crippen LogP contribution in [0.25, 0.3) is 5.69 Å². The maximum Gasteiger partial charge on any atom is 0.416 e. The van der Waals surface area contributed by atoms with Crippen molar-refractivity contribution in [3.05, 3.63) is 77.9 Å². The van der Waals surface area contributed by atoms with Gasteiger partial charge < -0.3 is 10.2 Å². The van der Waals surface area contributed by atoms with Gasteiger partial charge in [0.2, 0.25) is 11.8 Å². The van der Waals surface area contributed by atoms with Crippen LogP contribution in [0.15, 0.2) is 61.2 Å². The SMILES string of the molecule is O=C(NCc1ccc(-n2cncn2)cc1)C1CC(=O)N(Cc2cccc(C(F)(F)F)c2)C1. The normalized spacial score (nSPS) is 16.4. The molecular weight excluding hydrogens is 423 g/mol. The van der Waals surface area contributed by atoms with Gasteiger partial charge in [-0.1, -0.05) is 24.3 Å². The number of nitrogens with zero attached hydrogens (tertiary/aromatic N) is 4. The van der Waals surface area contributed by atoms with Crippen LogP contribution in [0, 0.1) is 5.92 Å². The summed E-state index contributed by atoms with van der Waals surface area (Å²) in [6.45, 7) is 0.511. The number of hydrogen-bond acceptors (Lipinski definition) is 4. The third-order valence-corrected chi connectivity index (χ3v) is 5.30. The van der Waals surface area contributed by atoms with Gasteiger partial charge >= 0.3 is 6.18 Å². The highest BCUT2D eigenvalue weighted by molar-refractivity contribution is 5.89. The van der Waals surface area contributed by atoms with Crippen LogP contribution in [0.1, 0.15) is 23.1 Å². The molecule has 1 N–H and O–H groups in total. The number of benzene rings is 2. The summed E-state index contributed by atoms with van der Waals surface area (Å²) in [5.74, 6) is -1.05. The van der Waals surface area contributed by atoms with E-state index in [1.807, 2.05) is 24.3 Å². The average Bonchev–Trinajstić information content (AvgIpc) is 3.43. The first kappa shape index (κ1) is 21.5. The summed E-state index contributed by atoms with van der Waals surface area (Å²) >= 11 is 0. The zero-order valence-corrected chi connectivity index (χ0v) is 16.9. The highest BCUT2D eigenvalue weighted by Crippen LogP contribution is 2.30. The second-order valence-electron chi connectivity index (χ2n) is 7.60. The Morgan fingerprint density at radius 3 is 2.59 bits per heavy atom. The molecule has 2 amide bonds. The van der Waals surface area contributed by atoms with Crippen molar-refractivity contribution in [1.82, 2.24) is 25.0 Å². The summed E-state index contributed by atoms with van der Waals surface area (Å²) in [6.07, 6.45) is -1.39. The van der Waals surface area contributed by atoms with Crippen molar-refractivity contribution in [1.29, 1.82) is 0 Å². The molecular formula is C22H20F3N5O2. The lowest BCUT2D eigenvalue weighted by Crippen LogP contribution is -2.32. The zero-order chi connectivity index (χ0) is 22.7. The standard InChI is InChI=1S/C22H20F3N5O2/c23-22(24,25)18-3-1-2-16(8-18)11-29-12-17(9-20(29)31)21(32)27-10-15-4-6-19(7-5-15)30-14-26-13-28-30/h1-8,13-14,17H,9-12H2,(H,27,32). The first-order valence-corrected chi connectivity index (χ1v) is 9.95. The van der Waals surface area contributed by atoms with Gasteiger partial charge in [-0.3, -0.25) is 9.59 Å². The molecule has 3 aromatic rings. The van der Waals surface area contributed by atoms with E-state index >= 15 is 0 Å². The number of hydrogen-bond donors (Lipinski definition) is 1. The van der Waals surface area contributed by atoms with Gasteiger partial charge in [-0.05, 0) is 35.4 Å². The van der Waals surface area contributed by atoms with E-state index in [1.54, 1.807) is 17.1 Å². The molecule has 1 fully saturated rings. The molecule has 166 valence electrons. The molecule has 0 bridgehead atoms. The van der Waals surface area contributed by atoms with Gasteiger partial charge in [0.1, 0.15) is 12.7 Å². The number of halogens is 3. The topological polar surface area (TPSA) is 80.1 Å². The molecule has 1 aromatic heterocycles. The molecule has 1 saturated heterocycles. The fourth-order valence-electron chi connectivity index (χ4n) is 3.61. The Morgan fingerprint density at radius 1 is 1.12 bits per heavy atom. The third kappa shape index (κ3) is 4.96. The van der Waals surface area contributed by atoms with Crippen molar-refractivity contribution in [3.8, 4) is 5.69 Å². The van der Waals surface area contributed by atoms with Gasteiger partial charge in [-0.2, -0.15) is 18.3 Å². The Morgan fingerprint density at radius 2 is 1.91 bits per heavy atom. The van der Waals surface area contributed by atoms with E-state index in [0.29, 0.717) is 12.1 Å². The maximum absolute atomic E-state index is 12.9. The molecule has 0 spiro atoms. The van der Waals surface area contributed by atoms with Gasteiger partial charge in [0.15, 0.2) is 0 Å². The minimum Gasteiger partial charge on any atom is -0.352 e. The highest BCUT2D eigenvalue weighted by atomic mass is 19.4. The van der Waals surface area contributed by atoms with Crippen molar-refractivity contribution in [2.24, 2.45) is 5.92 Å². The monoisotopic (exact) mass is 443 g/mol. The van der Waals surface area contributed by atoms with Crippen LogP contribution in [-0.2, 0) is 28.9 Å². The predicted octanol–water partition coefficient (Wildman–Crippen LogP) is 2.95. The lowest BCUT2D eigenvalue weighted by atomic mass is 10.1. The number of likely N-dealkylation sites (tertiary alicyclic amines) is 1. The number of nitrogens with one attached hydrogen (secondary N) is 1. The molecule has 7 nitrogen and oxygen atoms in total. The van der Waals surface area contributed by atoms with Crippen LogP contribution in [0.4, 0.5) is 13.2 Å². The van der Waals surface area contributed by atoms with Gasteiger partial charge in [0.05, 0.1) is 17.2 Å². The lowest BCUT2D eigenvalue weighted by Gasteiger charge is -2.17. The van der Waals surface area contributed by atoms with E-state index in [-0.39, 0.29) is 31.3 Å². The molecule has 0 radical (unpaired) electrons. The van der Waals surface area contributed by atoms with E-state index in [2.05, 4.69) is 15.4 Å². The Kier molecular flexibility index (Phi) is 5.93. The van der Waals surface area contributed by atoms with Crippen LogP contribution < -0.4 is 5.32 Å². The van der Waals surface area contributed by atoms with Crippen molar-refractivity contribution in [2.45, 2.75) is 25.7 Å². The molecule has 2 heterocycles. The number of rotatable bonds is 6. The number of amides is 2. The van der Waals surface area contributed by atoms with Crippen molar-refractivity contribution < 1.29 is 22.8 Å². The van der Waals surface area contributed by atoms with E-state index in [1.165, 1.54) is 17.3 Å². The fraction of sp³-hybridized carbons (Fsp3) is 0.273. The second kappa shape index (κ2) is 8.81. The first-order chi connectivity index (χ1) is 15.3. The van der Waals surface area contributed by atoms with E-state index in [4.69, 9.17) is 0 Å². The summed E-state index contributed by atoms with van der Waals surface area (Å²) in [5, 5.41) is 6.87. The Bertz CT molecular complexity index is 1100. The van der Waals surface area contributed by atoms with Crippen LogP contribution in [0.3, 0.4) is 0 Å². The average molecular weight is 443 g/mol. The van der Waals surface area contributed by atoms with Crippen molar-refractivity contribution in [2.75, 3.05) is 6.54 Å². The molecule has 0 saturated carbocycles. The molecule has 1 atom stereocenters. The number of carbonyl (C=O) groups excluding carboxylic acids is 2.